The Morgan fingerprint density at radius 1 is 0.397 bits per heavy atom. The van der Waals surface area contributed by atoms with Crippen LogP contribution >= 0.6 is 0 Å². The third-order valence-electron chi connectivity index (χ3n) is 18.2. The fourth-order valence-electron chi connectivity index (χ4n) is 15.3. The molecule has 3 aliphatic carbocycles. The van der Waals surface area contributed by atoms with Gasteiger partial charge in [-0.2, -0.15) is 0 Å². The Morgan fingerprint density at radius 2 is 0.868 bits per heavy atom. The number of fused-ring (bicyclic) bond motifs is 7. The van der Waals surface area contributed by atoms with Gasteiger partial charge in [-0.3, -0.25) is 0 Å². The molecule has 0 spiro atoms. The van der Waals surface area contributed by atoms with Gasteiger partial charge < -0.3 is 9.80 Å². The molecule has 2 heteroatoms. The monoisotopic (exact) mass is 899 g/mol. The van der Waals surface area contributed by atoms with Gasteiger partial charge in [0.2, 0.25) is 0 Å². The summed E-state index contributed by atoms with van der Waals surface area (Å²) in [5.41, 5.74) is 26.6. The van der Waals surface area contributed by atoms with Crippen molar-refractivity contribution in [3.8, 4) is 0 Å². The number of hydrogen-bond acceptors (Lipinski definition) is 2. The number of nitrogens with zero attached hydrogens (tertiary/aromatic N) is 2. The largest absolute Gasteiger partial charge is 0.310 e. The molecule has 2 nitrogen and oxygen atoms in total. The lowest BCUT2D eigenvalue weighted by Gasteiger charge is -2.47. The molecule has 6 aromatic rings. The molecular weight excluding hydrogens is 821 g/mol. The maximum Gasteiger partial charge on any atom is 0.0527 e. The van der Waals surface area contributed by atoms with E-state index in [4.69, 9.17) is 0 Å². The van der Waals surface area contributed by atoms with E-state index in [9.17, 15) is 0 Å². The number of hydrogen-bond donors (Lipinski definition) is 0. The van der Waals surface area contributed by atoms with Crippen LogP contribution < -0.4 is 9.80 Å². The minimum absolute atomic E-state index is 0.0418. The van der Waals surface area contributed by atoms with Crippen molar-refractivity contribution in [1.29, 1.82) is 0 Å². The Morgan fingerprint density at radius 3 is 1.44 bits per heavy atom. The van der Waals surface area contributed by atoms with E-state index in [1.807, 2.05) is 0 Å². The molecule has 2 heterocycles. The second-order valence-electron chi connectivity index (χ2n) is 27.8. The number of rotatable bonds is 4. The standard InChI is InChI=1S/C66H78N2/c1-39-28-47-50(64(13,14)37-61(47,7)8)34-52(39)68-53-29-41(66(17,18)40-22-20-19-21-23-40)24-26-44(53)57-45-33-49-51(65(15,16)38-63(49,11)12)35-54(45)67(55-30-42(59(2,3)4)31-56(68)58(55)57)43-25-27-46-48(32-43)62(9,10)36-60(46,5)6/h19-35,57H,36-38H2,1-18H3. The van der Waals surface area contributed by atoms with E-state index >= 15 is 0 Å². The molecule has 68 heavy (non-hydrogen) atoms. The first kappa shape index (κ1) is 45.4. The van der Waals surface area contributed by atoms with Crippen LogP contribution in [0.1, 0.15) is 215 Å². The Hall–Kier alpha value is -5.08. The summed E-state index contributed by atoms with van der Waals surface area (Å²) in [6.07, 6.45) is 3.41. The lowest BCUT2D eigenvalue weighted by atomic mass is 9.71. The van der Waals surface area contributed by atoms with Gasteiger partial charge in [0.15, 0.2) is 0 Å². The second kappa shape index (κ2) is 13.8. The lowest BCUT2D eigenvalue weighted by molar-refractivity contribution is 0.402. The van der Waals surface area contributed by atoms with Crippen molar-refractivity contribution in [2.45, 2.75) is 193 Å². The summed E-state index contributed by atoms with van der Waals surface area (Å²) in [6, 6.07) is 42.0. The number of aryl methyl sites for hydroxylation is 1. The first-order valence-electron chi connectivity index (χ1n) is 25.9. The molecule has 0 bridgehead atoms. The van der Waals surface area contributed by atoms with Crippen molar-refractivity contribution in [3.05, 3.63) is 175 Å². The number of benzene rings is 6. The van der Waals surface area contributed by atoms with Gasteiger partial charge in [0.05, 0.1) is 22.7 Å². The van der Waals surface area contributed by atoms with Crippen molar-refractivity contribution in [2.75, 3.05) is 9.80 Å². The lowest BCUT2D eigenvalue weighted by Crippen LogP contribution is -2.32. The average Bonchev–Trinajstić information content (AvgIpc) is 3.64. The van der Waals surface area contributed by atoms with Crippen molar-refractivity contribution in [2.24, 2.45) is 0 Å². The molecule has 0 amide bonds. The summed E-state index contributed by atoms with van der Waals surface area (Å²) in [5.74, 6) is 0.0418. The smallest absolute Gasteiger partial charge is 0.0527 e. The fraction of sp³-hybridized carbons (Fsp3) is 0.455. The van der Waals surface area contributed by atoms with Gasteiger partial charge in [0.1, 0.15) is 0 Å². The van der Waals surface area contributed by atoms with E-state index in [0.29, 0.717) is 0 Å². The molecule has 1 atom stereocenters. The van der Waals surface area contributed by atoms with Crippen LogP contribution in [0.5, 0.6) is 0 Å². The highest BCUT2D eigenvalue weighted by Crippen LogP contribution is 2.65. The molecular formula is C66H78N2. The third kappa shape index (κ3) is 6.40. The van der Waals surface area contributed by atoms with Gasteiger partial charge in [-0.25, -0.2) is 0 Å². The highest BCUT2D eigenvalue weighted by atomic mass is 15.2. The Kier molecular flexibility index (Phi) is 9.22. The molecule has 1 unspecified atom stereocenters. The minimum Gasteiger partial charge on any atom is -0.310 e. The fourth-order valence-corrected chi connectivity index (χ4v) is 15.3. The SMILES string of the molecule is Cc1cc2c(cc1N1c3cc(C(C)(C)c4ccccc4)ccc3C3c4cc5c(cc4N(c4ccc6c(c4)C(C)(C)CC6(C)C)c4cc(C(C)(C)C)cc1c43)C(C)(C)CC5(C)C)C(C)(C)CC2(C)C. The summed E-state index contributed by atoms with van der Waals surface area (Å²) in [7, 11) is 0. The predicted molar refractivity (Wildman–Crippen MR) is 291 cm³/mol. The van der Waals surface area contributed by atoms with Crippen LogP contribution in [0.15, 0.2) is 103 Å². The average molecular weight is 899 g/mol. The van der Waals surface area contributed by atoms with Crippen LogP contribution in [0.2, 0.25) is 0 Å². The van der Waals surface area contributed by atoms with Gasteiger partial charge in [-0.05, 0) is 173 Å². The van der Waals surface area contributed by atoms with E-state index in [2.05, 4.69) is 238 Å². The third-order valence-corrected chi connectivity index (χ3v) is 18.2. The quantitative estimate of drug-likeness (QED) is 0.174. The second-order valence-corrected chi connectivity index (χ2v) is 27.8. The van der Waals surface area contributed by atoms with Crippen LogP contribution in [0.3, 0.4) is 0 Å². The van der Waals surface area contributed by atoms with Crippen LogP contribution in [-0.2, 0) is 43.3 Å². The first-order valence-corrected chi connectivity index (χ1v) is 25.9. The van der Waals surface area contributed by atoms with E-state index in [1.54, 1.807) is 0 Å². The van der Waals surface area contributed by atoms with Crippen molar-refractivity contribution < 1.29 is 0 Å². The van der Waals surface area contributed by atoms with E-state index in [-0.39, 0.29) is 49.2 Å². The van der Waals surface area contributed by atoms with E-state index in [1.165, 1.54) is 106 Å². The summed E-state index contributed by atoms with van der Waals surface area (Å²) in [5, 5.41) is 0. The zero-order chi connectivity index (χ0) is 48.8. The molecule has 0 aromatic heterocycles. The molecule has 5 aliphatic rings. The van der Waals surface area contributed by atoms with Gasteiger partial charge in [-0.1, -0.05) is 178 Å². The molecule has 0 radical (unpaired) electrons. The summed E-state index contributed by atoms with van der Waals surface area (Å²) in [4.78, 5) is 5.46. The van der Waals surface area contributed by atoms with Gasteiger partial charge in [-0.15, -0.1) is 0 Å². The molecule has 0 N–H and O–H groups in total. The van der Waals surface area contributed by atoms with Gasteiger partial charge in [0.25, 0.3) is 0 Å². The molecule has 6 aromatic carbocycles. The van der Waals surface area contributed by atoms with Crippen molar-refractivity contribution in [1.82, 2.24) is 0 Å². The molecule has 2 aliphatic heterocycles. The first-order chi connectivity index (χ1) is 31.4. The topological polar surface area (TPSA) is 6.48 Å². The van der Waals surface area contributed by atoms with Crippen LogP contribution in [0.25, 0.3) is 0 Å². The van der Waals surface area contributed by atoms with Crippen LogP contribution in [-0.4, -0.2) is 0 Å². The normalized spacial score (nSPS) is 21.4. The summed E-state index contributed by atoms with van der Waals surface area (Å²) < 4.78 is 0. The van der Waals surface area contributed by atoms with Crippen molar-refractivity contribution in [3.63, 3.8) is 0 Å². The number of anilines is 6. The molecule has 0 fully saturated rings. The van der Waals surface area contributed by atoms with Crippen molar-refractivity contribution >= 4 is 34.1 Å². The highest BCUT2D eigenvalue weighted by Gasteiger charge is 2.49. The predicted octanol–water partition coefficient (Wildman–Crippen LogP) is 18.2. The summed E-state index contributed by atoms with van der Waals surface area (Å²) in [6.45, 7) is 44.0. The van der Waals surface area contributed by atoms with Gasteiger partial charge in [0, 0.05) is 28.3 Å². The highest BCUT2D eigenvalue weighted by molar-refractivity contribution is 5.98. The maximum absolute atomic E-state index is 2.74. The Balaban J connectivity index is 1.28. The maximum atomic E-state index is 2.74. The molecule has 0 saturated carbocycles. The zero-order valence-corrected chi connectivity index (χ0v) is 44.9. The van der Waals surface area contributed by atoms with Crippen LogP contribution in [0, 0.1) is 6.92 Å². The Bertz CT molecular complexity index is 3120. The molecule has 11 rings (SSSR count). The zero-order valence-electron chi connectivity index (χ0n) is 44.9. The van der Waals surface area contributed by atoms with Crippen LogP contribution in [0.4, 0.5) is 34.1 Å². The van der Waals surface area contributed by atoms with E-state index < -0.39 is 0 Å². The minimum atomic E-state index is -0.215. The molecule has 352 valence electrons. The van der Waals surface area contributed by atoms with E-state index in [0.717, 1.165) is 19.3 Å². The summed E-state index contributed by atoms with van der Waals surface area (Å²) >= 11 is 0. The van der Waals surface area contributed by atoms with Gasteiger partial charge >= 0.3 is 0 Å². The Labute approximate surface area is 410 Å². The molecule has 0 saturated heterocycles.